The first kappa shape index (κ1) is 14.7. The number of sulfone groups is 1. The average molecular weight is 303 g/mol. The van der Waals surface area contributed by atoms with E-state index in [4.69, 9.17) is 0 Å². The summed E-state index contributed by atoms with van der Waals surface area (Å²) in [5.41, 5.74) is 0. The lowest BCUT2D eigenvalue weighted by atomic mass is 10.2. The van der Waals surface area contributed by atoms with Crippen molar-refractivity contribution >= 4 is 27.4 Å². The van der Waals surface area contributed by atoms with Gasteiger partial charge in [-0.2, -0.15) is 16.9 Å². The van der Waals surface area contributed by atoms with Crippen molar-refractivity contribution in [2.45, 2.75) is 32.4 Å². The van der Waals surface area contributed by atoms with Crippen LogP contribution in [-0.4, -0.2) is 47.3 Å². The van der Waals surface area contributed by atoms with Crippen LogP contribution in [0.5, 0.6) is 0 Å². The minimum Gasteiger partial charge on any atom is -0.365 e. The quantitative estimate of drug-likeness (QED) is 0.865. The number of aryl methyl sites for hydroxylation is 1. The van der Waals surface area contributed by atoms with Crippen LogP contribution >= 0.6 is 11.8 Å². The van der Waals surface area contributed by atoms with E-state index in [0.29, 0.717) is 12.6 Å². The fourth-order valence-corrected chi connectivity index (χ4v) is 3.83. The number of nitrogens with one attached hydrogen (secondary N) is 1. The molecule has 1 aromatic rings. The van der Waals surface area contributed by atoms with Crippen molar-refractivity contribution in [1.29, 1.82) is 0 Å². The Hall–Kier alpha value is -0.690. The van der Waals surface area contributed by atoms with Crippen LogP contribution in [0.3, 0.4) is 0 Å². The van der Waals surface area contributed by atoms with Crippen LogP contribution in [0, 0.1) is 0 Å². The zero-order valence-electron chi connectivity index (χ0n) is 11.2. The van der Waals surface area contributed by atoms with Crippen LogP contribution in [0.1, 0.15) is 19.8 Å². The molecule has 2 heterocycles. The third-order valence-electron chi connectivity index (χ3n) is 3.22. The number of aromatic nitrogens is 2. The third kappa shape index (κ3) is 4.72. The molecule has 1 aromatic heterocycles. The number of anilines is 1. The fraction of sp³-hybridized carbons (Fsp3) is 0.750. The molecule has 0 saturated carbocycles. The van der Waals surface area contributed by atoms with Gasteiger partial charge in [0.1, 0.15) is 5.82 Å². The van der Waals surface area contributed by atoms with Crippen LogP contribution in [0.2, 0.25) is 0 Å². The zero-order chi connectivity index (χ0) is 13.7. The van der Waals surface area contributed by atoms with Gasteiger partial charge in [-0.25, -0.2) is 8.42 Å². The van der Waals surface area contributed by atoms with Gasteiger partial charge in [-0.3, -0.25) is 4.68 Å². The van der Waals surface area contributed by atoms with Crippen LogP contribution in [0.15, 0.2) is 12.3 Å². The predicted octanol–water partition coefficient (Wildman–Crippen LogP) is 1.63. The van der Waals surface area contributed by atoms with Crippen molar-refractivity contribution in [2.24, 2.45) is 0 Å². The molecule has 1 aliphatic heterocycles. The molecule has 0 amide bonds. The molecule has 108 valence electrons. The standard InChI is InChI=1S/C12H21N3O2S2/c1-2-19(16,17)9-7-15-6-5-12(14-15)13-11-4-3-8-18-10-11/h5-6,11H,2-4,7-10H2,1H3,(H,13,14)/t11-/m1/s1. The number of nitrogens with zero attached hydrogens (tertiary/aromatic N) is 2. The minimum absolute atomic E-state index is 0.157. The SMILES string of the molecule is CCS(=O)(=O)CCn1ccc(N[C@@H]2CCCSC2)n1. The number of rotatable bonds is 6. The van der Waals surface area contributed by atoms with E-state index in [9.17, 15) is 8.42 Å². The molecule has 1 saturated heterocycles. The van der Waals surface area contributed by atoms with Gasteiger partial charge >= 0.3 is 0 Å². The van der Waals surface area contributed by atoms with Gasteiger partial charge in [0.15, 0.2) is 9.84 Å². The van der Waals surface area contributed by atoms with E-state index in [0.717, 1.165) is 11.6 Å². The first-order chi connectivity index (χ1) is 9.09. The van der Waals surface area contributed by atoms with Crippen LogP contribution in [-0.2, 0) is 16.4 Å². The summed E-state index contributed by atoms with van der Waals surface area (Å²) in [5.74, 6) is 3.57. The van der Waals surface area contributed by atoms with Gasteiger partial charge in [0.25, 0.3) is 0 Å². The van der Waals surface area contributed by atoms with E-state index in [1.54, 1.807) is 11.6 Å². The van der Waals surface area contributed by atoms with Crippen molar-refractivity contribution in [3.8, 4) is 0 Å². The maximum absolute atomic E-state index is 11.4. The lowest BCUT2D eigenvalue weighted by Gasteiger charge is -2.22. The van der Waals surface area contributed by atoms with Crippen molar-refractivity contribution in [3.63, 3.8) is 0 Å². The van der Waals surface area contributed by atoms with Gasteiger partial charge in [0.2, 0.25) is 0 Å². The Balaban J connectivity index is 1.84. The van der Waals surface area contributed by atoms with Gasteiger partial charge in [0, 0.05) is 29.8 Å². The van der Waals surface area contributed by atoms with Gasteiger partial charge in [0.05, 0.1) is 12.3 Å². The van der Waals surface area contributed by atoms with E-state index in [-0.39, 0.29) is 11.5 Å². The van der Waals surface area contributed by atoms with E-state index < -0.39 is 9.84 Å². The highest BCUT2D eigenvalue weighted by Crippen LogP contribution is 2.19. The Morgan fingerprint density at radius 2 is 2.42 bits per heavy atom. The lowest BCUT2D eigenvalue weighted by molar-refractivity contribution is 0.581. The Bertz CT molecular complexity index is 493. The summed E-state index contributed by atoms with van der Waals surface area (Å²) in [6.07, 6.45) is 4.27. The Kier molecular flexibility index (Phi) is 5.15. The first-order valence-electron chi connectivity index (χ1n) is 6.67. The second kappa shape index (κ2) is 6.65. The normalized spacial score (nSPS) is 20.4. The Morgan fingerprint density at radius 3 is 3.11 bits per heavy atom. The Labute approximate surface area is 119 Å². The maximum atomic E-state index is 11.4. The molecule has 0 unspecified atom stereocenters. The van der Waals surface area contributed by atoms with Gasteiger partial charge in [-0.1, -0.05) is 6.92 Å². The summed E-state index contributed by atoms with van der Waals surface area (Å²) in [7, 11) is -2.92. The number of hydrogen-bond acceptors (Lipinski definition) is 5. The minimum atomic E-state index is -2.92. The molecule has 7 heteroatoms. The lowest BCUT2D eigenvalue weighted by Crippen LogP contribution is -2.26. The zero-order valence-corrected chi connectivity index (χ0v) is 12.8. The summed E-state index contributed by atoms with van der Waals surface area (Å²) in [4.78, 5) is 0. The summed E-state index contributed by atoms with van der Waals surface area (Å²) in [5, 5.41) is 7.78. The summed E-state index contributed by atoms with van der Waals surface area (Å²) in [6, 6.07) is 2.40. The predicted molar refractivity (Wildman–Crippen MR) is 80.5 cm³/mol. The third-order valence-corrected chi connectivity index (χ3v) is 6.12. The molecule has 1 N–H and O–H groups in total. The second-order valence-electron chi connectivity index (χ2n) is 4.76. The van der Waals surface area contributed by atoms with Crippen LogP contribution < -0.4 is 5.32 Å². The van der Waals surface area contributed by atoms with Crippen LogP contribution in [0.4, 0.5) is 5.82 Å². The smallest absolute Gasteiger partial charge is 0.151 e. The first-order valence-corrected chi connectivity index (χ1v) is 9.65. The molecule has 0 aromatic carbocycles. The van der Waals surface area contributed by atoms with Crippen molar-refractivity contribution in [3.05, 3.63) is 12.3 Å². The van der Waals surface area contributed by atoms with Crippen molar-refractivity contribution in [2.75, 3.05) is 28.3 Å². The van der Waals surface area contributed by atoms with E-state index in [2.05, 4.69) is 10.4 Å². The number of thioether (sulfide) groups is 1. The highest BCUT2D eigenvalue weighted by molar-refractivity contribution is 7.99. The summed E-state index contributed by atoms with van der Waals surface area (Å²) < 4.78 is 24.6. The highest BCUT2D eigenvalue weighted by atomic mass is 32.2. The van der Waals surface area contributed by atoms with Crippen molar-refractivity contribution < 1.29 is 8.42 Å². The molecule has 0 spiro atoms. The Morgan fingerprint density at radius 1 is 1.58 bits per heavy atom. The molecule has 0 aliphatic carbocycles. The molecule has 1 atom stereocenters. The largest absolute Gasteiger partial charge is 0.365 e. The molecular formula is C12H21N3O2S2. The van der Waals surface area contributed by atoms with Gasteiger partial charge < -0.3 is 5.32 Å². The summed E-state index contributed by atoms with van der Waals surface area (Å²) in [6.45, 7) is 2.10. The number of hydrogen-bond donors (Lipinski definition) is 1. The highest BCUT2D eigenvalue weighted by Gasteiger charge is 2.14. The van der Waals surface area contributed by atoms with Gasteiger partial charge in [-0.05, 0) is 18.6 Å². The maximum Gasteiger partial charge on any atom is 0.151 e. The monoisotopic (exact) mass is 303 g/mol. The van der Waals surface area contributed by atoms with E-state index in [1.807, 2.05) is 24.0 Å². The average Bonchev–Trinajstić information content (AvgIpc) is 2.86. The van der Waals surface area contributed by atoms with E-state index >= 15 is 0 Å². The van der Waals surface area contributed by atoms with Crippen LogP contribution in [0.25, 0.3) is 0 Å². The topological polar surface area (TPSA) is 64.0 Å². The van der Waals surface area contributed by atoms with E-state index in [1.165, 1.54) is 18.6 Å². The summed E-state index contributed by atoms with van der Waals surface area (Å²) >= 11 is 1.97. The molecule has 0 bridgehead atoms. The molecule has 2 rings (SSSR count). The second-order valence-corrected chi connectivity index (χ2v) is 8.38. The molecular weight excluding hydrogens is 282 g/mol. The molecule has 1 fully saturated rings. The molecule has 19 heavy (non-hydrogen) atoms. The fourth-order valence-electron chi connectivity index (χ4n) is 2.00. The molecule has 0 radical (unpaired) electrons. The van der Waals surface area contributed by atoms with Crippen molar-refractivity contribution in [1.82, 2.24) is 9.78 Å². The molecule has 1 aliphatic rings. The van der Waals surface area contributed by atoms with Gasteiger partial charge in [-0.15, -0.1) is 0 Å². The molecule has 5 nitrogen and oxygen atoms in total.